The molecular weight excluding hydrogens is 925 g/mol. The van der Waals surface area contributed by atoms with Gasteiger partial charge in [-0.3, -0.25) is 14.4 Å². The van der Waals surface area contributed by atoms with Gasteiger partial charge in [0.15, 0.2) is 6.10 Å². The van der Waals surface area contributed by atoms with Crippen molar-refractivity contribution in [1.82, 2.24) is 0 Å². The van der Waals surface area contributed by atoms with E-state index >= 15 is 0 Å². The summed E-state index contributed by atoms with van der Waals surface area (Å²) in [5, 5.41) is 0. The number of hydrogen-bond acceptors (Lipinski definition) is 6. The Kier molecular flexibility index (Phi) is 61.7. The Labute approximate surface area is 467 Å². The van der Waals surface area contributed by atoms with Crippen molar-refractivity contribution in [2.45, 2.75) is 361 Å². The molecule has 0 rings (SSSR count). The second kappa shape index (κ2) is 63.9. The fourth-order valence-corrected chi connectivity index (χ4v) is 9.80. The van der Waals surface area contributed by atoms with Crippen LogP contribution in [0.5, 0.6) is 0 Å². The Morgan fingerprint density at radius 3 is 0.760 bits per heavy atom. The van der Waals surface area contributed by atoms with Crippen molar-refractivity contribution in [2.24, 2.45) is 0 Å². The topological polar surface area (TPSA) is 78.9 Å². The standard InChI is InChI=1S/C69H126O6/c1-4-7-10-13-16-19-22-25-28-31-34-37-40-43-46-49-52-55-58-61-67(70)73-64-66(75-69(72)63-60-57-54-51-48-45-42-39-36-33-30-27-24-21-18-15-12-9-6-3)65-74-68(71)62-59-56-53-50-47-44-41-38-35-32-29-26-23-20-17-14-11-8-5-2/h16-17,19-20,25-26,28-29,66H,4-15,18,21-24,27,30-65H2,1-3H3/b19-16-,20-17-,28-25-,29-26-. The zero-order chi connectivity index (χ0) is 54.3. The SMILES string of the molecule is CCCCC/C=C\C/C=C\CCCCCCCCCCCC(=O)OCC(COC(=O)CCCCCCCCCCC/C=C\C/C=C\CCCCC)OC(=O)CCCCCCCCCCCCCCCCCCCCC. The molecule has 0 fully saturated rings. The van der Waals surface area contributed by atoms with Crippen molar-refractivity contribution in [3.05, 3.63) is 48.6 Å². The van der Waals surface area contributed by atoms with Crippen LogP contribution in [-0.4, -0.2) is 37.2 Å². The van der Waals surface area contributed by atoms with Crippen LogP contribution in [0.3, 0.4) is 0 Å². The molecule has 0 saturated carbocycles. The van der Waals surface area contributed by atoms with Crippen molar-refractivity contribution in [2.75, 3.05) is 13.2 Å². The number of carbonyl (C=O) groups is 3. The van der Waals surface area contributed by atoms with Gasteiger partial charge in [-0.25, -0.2) is 0 Å². The quantitative estimate of drug-likeness (QED) is 0.0261. The summed E-state index contributed by atoms with van der Waals surface area (Å²) < 4.78 is 17.0. The zero-order valence-corrected chi connectivity index (χ0v) is 50.3. The Hall–Kier alpha value is -2.63. The third-order valence-electron chi connectivity index (χ3n) is 14.8. The van der Waals surface area contributed by atoms with Gasteiger partial charge >= 0.3 is 17.9 Å². The molecule has 6 nitrogen and oxygen atoms in total. The van der Waals surface area contributed by atoms with Gasteiger partial charge in [-0.2, -0.15) is 0 Å². The maximum Gasteiger partial charge on any atom is 0.306 e. The van der Waals surface area contributed by atoms with Gasteiger partial charge in [0.2, 0.25) is 0 Å². The Bertz CT molecular complexity index is 1230. The molecule has 0 aromatic heterocycles. The fraction of sp³-hybridized carbons (Fsp3) is 0.841. The number of esters is 3. The van der Waals surface area contributed by atoms with Gasteiger partial charge in [0.1, 0.15) is 13.2 Å². The summed E-state index contributed by atoms with van der Waals surface area (Å²) in [6.45, 7) is 6.65. The molecule has 0 heterocycles. The Balaban J connectivity index is 4.35. The van der Waals surface area contributed by atoms with Crippen LogP contribution >= 0.6 is 0 Å². The van der Waals surface area contributed by atoms with Gasteiger partial charge in [-0.05, 0) is 83.5 Å². The van der Waals surface area contributed by atoms with Crippen LogP contribution in [0, 0.1) is 0 Å². The molecule has 438 valence electrons. The van der Waals surface area contributed by atoms with E-state index < -0.39 is 6.10 Å². The summed E-state index contributed by atoms with van der Waals surface area (Å²) in [6, 6.07) is 0. The van der Waals surface area contributed by atoms with Crippen molar-refractivity contribution in [1.29, 1.82) is 0 Å². The van der Waals surface area contributed by atoms with Gasteiger partial charge in [-0.1, -0.05) is 301 Å². The van der Waals surface area contributed by atoms with Gasteiger partial charge in [-0.15, -0.1) is 0 Å². The summed E-state index contributed by atoms with van der Waals surface area (Å²) in [7, 11) is 0. The van der Waals surface area contributed by atoms with E-state index in [-0.39, 0.29) is 31.1 Å². The minimum atomic E-state index is -0.776. The second-order valence-electron chi connectivity index (χ2n) is 22.4. The van der Waals surface area contributed by atoms with Crippen LogP contribution in [-0.2, 0) is 28.6 Å². The van der Waals surface area contributed by atoms with Gasteiger partial charge < -0.3 is 14.2 Å². The molecule has 0 radical (unpaired) electrons. The Morgan fingerprint density at radius 2 is 0.480 bits per heavy atom. The van der Waals surface area contributed by atoms with Crippen LogP contribution < -0.4 is 0 Å². The number of allylic oxidation sites excluding steroid dienone is 8. The summed E-state index contributed by atoms with van der Waals surface area (Å²) >= 11 is 0. The highest BCUT2D eigenvalue weighted by molar-refractivity contribution is 5.71. The van der Waals surface area contributed by atoms with Crippen LogP contribution in [0.1, 0.15) is 355 Å². The smallest absolute Gasteiger partial charge is 0.306 e. The van der Waals surface area contributed by atoms with Crippen LogP contribution in [0.15, 0.2) is 48.6 Å². The molecule has 0 aliphatic carbocycles. The van der Waals surface area contributed by atoms with E-state index in [1.54, 1.807) is 0 Å². The second-order valence-corrected chi connectivity index (χ2v) is 22.4. The zero-order valence-electron chi connectivity index (χ0n) is 50.3. The number of rotatable bonds is 61. The first kappa shape index (κ1) is 72.4. The highest BCUT2D eigenvalue weighted by atomic mass is 16.6. The first-order valence-electron chi connectivity index (χ1n) is 33.1. The van der Waals surface area contributed by atoms with E-state index in [1.165, 1.54) is 244 Å². The lowest BCUT2D eigenvalue weighted by molar-refractivity contribution is -0.167. The third-order valence-corrected chi connectivity index (χ3v) is 14.8. The lowest BCUT2D eigenvalue weighted by Gasteiger charge is -2.18. The molecule has 0 unspecified atom stereocenters. The molecule has 0 spiro atoms. The summed E-state index contributed by atoms with van der Waals surface area (Å²) in [5.74, 6) is -0.856. The molecule has 6 heteroatoms. The lowest BCUT2D eigenvalue weighted by Crippen LogP contribution is -2.30. The largest absolute Gasteiger partial charge is 0.462 e. The molecule has 0 aliphatic rings. The summed E-state index contributed by atoms with van der Waals surface area (Å²) in [5.41, 5.74) is 0. The molecular formula is C69H126O6. The molecule has 0 bridgehead atoms. The number of carbonyl (C=O) groups excluding carboxylic acids is 3. The minimum absolute atomic E-state index is 0.0729. The van der Waals surface area contributed by atoms with Crippen molar-refractivity contribution >= 4 is 17.9 Å². The highest BCUT2D eigenvalue weighted by Gasteiger charge is 2.19. The average molecular weight is 1050 g/mol. The van der Waals surface area contributed by atoms with Crippen LogP contribution in [0.2, 0.25) is 0 Å². The van der Waals surface area contributed by atoms with E-state index in [0.717, 1.165) is 70.6 Å². The molecule has 0 aromatic carbocycles. The first-order valence-corrected chi connectivity index (χ1v) is 33.1. The van der Waals surface area contributed by atoms with Crippen molar-refractivity contribution in [3.63, 3.8) is 0 Å². The van der Waals surface area contributed by atoms with Crippen molar-refractivity contribution < 1.29 is 28.6 Å². The van der Waals surface area contributed by atoms with Gasteiger partial charge in [0.25, 0.3) is 0 Å². The monoisotopic (exact) mass is 1050 g/mol. The van der Waals surface area contributed by atoms with Crippen LogP contribution in [0.25, 0.3) is 0 Å². The number of ether oxygens (including phenoxy) is 3. The molecule has 0 atom stereocenters. The predicted molar refractivity (Wildman–Crippen MR) is 325 cm³/mol. The van der Waals surface area contributed by atoms with Gasteiger partial charge in [0.05, 0.1) is 0 Å². The number of unbranched alkanes of at least 4 members (excludes halogenated alkanes) is 42. The molecule has 0 aromatic rings. The normalized spacial score (nSPS) is 11.9. The maximum atomic E-state index is 12.9. The molecule has 75 heavy (non-hydrogen) atoms. The van der Waals surface area contributed by atoms with Crippen LogP contribution in [0.4, 0.5) is 0 Å². The van der Waals surface area contributed by atoms with Crippen molar-refractivity contribution in [3.8, 4) is 0 Å². The lowest BCUT2D eigenvalue weighted by atomic mass is 10.0. The van der Waals surface area contributed by atoms with E-state index in [0.29, 0.717) is 19.3 Å². The molecule has 0 aliphatic heterocycles. The highest BCUT2D eigenvalue weighted by Crippen LogP contribution is 2.18. The summed E-state index contributed by atoms with van der Waals surface area (Å²) in [4.78, 5) is 38.4. The fourth-order valence-electron chi connectivity index (χ4n) is 9.80. The van der Waals surface area contributed by atoms with E-state index in [9.17, 15) is 14.4 Å². The van der Waals surface area contributed by atoms with E-state index in [1.807, 2.05) is 0 Å². The third kappa shape index (κ3) is 62.1. The van der Waals surface area contributed by atoms with Gasteiger partial charge in [0, 0.05) is 19.3 Å². The maximum absolute atomic E-state index is 12.9. The molecule has 0 amide bonds. The number of hydrogen-bond donors (Lipinski definition) is 0. The Morgan fingerprint density at radius 1 is 0.267 bits per heavy atom. The first-order chi connectivity index (χ1) is 37.0. The predicted octanol–water partition coefficient (Wildman–Crippen LogP) is 22.6. The minimum Gasteiger partial charge on any atom is -0.462 e. The van der Waals surface area contributed by atoms with E-state index in [4.69, 9.17) is 14.2 Å². The molecule has 0 saturated heterocycles. The summed E-state index contributed by atoms with van der Waals surface area (Å²) in [6.07, 6.45) is 79.7. The van der Waals surface area contributed by atoms with E-state index in [2.05, 4.69) is 69.4 Å². The molecule has 0 N–H and O–H groups in total. The average Bonchev–Trinajstić information content (AvgIpc) is 3.41.